The fraction of sp³-hybridized carbons (Fsp3) is 0. The Balaban J connectivity index is 2.52. The predicted molar refractivity (Wildman–Crippen MR) is 43.3 cm³/mol. The summed E-state index contributed by atoms with van der Waals surface area (Å²) in [4.78, 5) is 4.01. The zero-order valence-corrected chi connectivity index (χ0v) is 6.65. The molecular formula is C6H4N2S2. The van der Waals surface area contributed by atoms with Gasteiger partial charge in [-0.05, 0) is 22.9 Å². The van der Waals surface area contributed by atoms with Gasteiger partial charge in [0.2, 0.25) is 0 Å². The molecule has 0 fully saturated rings. The summed E-state index contributed by atoms with van der Waals surface area (Å²) in [6.07, 6.45) is 1.71. The summed E-state index contributed by atoms with van der Waals surface area (Å²) < 4.78 is 0. The third-order valence-electron chi connectivity index (χ3n) is 0.802. The van der Waals surface area contributed by atoms with E-state index in [0.29, 0.717) is 0 Å². The molecule has 50 valence electrons. The van der Waals surface area contributed by atoms with E-state index in [0.717, 1.165) is 15.8 Å². The molecule has 0 atom stereocenters. The van der Waals surface area contributed by atoms with Gasteiger partial charge in [-0.25, -0.2) is 4.98 Å². The Morgan fingerprint density at radius 3 is 3.00 bits per heavy atom. The molecule has 0 unspecified atom stereocenters. The Labute approximate surface area is 67.1 Å². The van der Waals surface area contributed by atoms with Crippen LogP contribution in [-0.2, 0) is 0 Å². The van der Waals surface area contributed by atoms with E-state index in [1.165, 1.54) is 10.8 Å². The molecule has 0 radical (unpaired) electrons. The Morgan fingerprint density at radius 1 is 1.50 bits per heavy atom. The van der Waals surface area contributed by atoms with Crippen molar-refractivity contribution in [1.82, 2.24) is 4.98 Å². The van der Waals surface area contributed by atoms with Crippen LogP contribution in [0.1, 0.15) is 0 Å². The first-order chi connectivity index (χ1) is 4.93. The van der Waals surface area contributed by atoms with Gasteiger partial charge in [-0.3, -0.25) is 0 Å². The molecule has 1 rings (SSSR count). The zero-order valence-electron chi connectivity index (χ0n) is 5.02. The molecule has 0 aromatic carbocycles. The average molecular weight is 168 g/mol. The van der Waals surface area contributed by atoms with Gasteiger partial charge in [0.05, 0.1) is 0 Å². The third-order valence-corrected chi connectivity index (χ3v) is 2.36. The fourth-order valence-electron chi connectivity index (χ4n) is 0.458. The number of thiocyanates is 1. The summed E-state index contributed by atoms with van der Waals surface area (Å²) in [6.45, 7) is 0. The van der Waals surface area contributed by atoms with Crippen LogP contribution in [0, 0.1) is 10.7 Å². The highest BCUT2D eigenvalue weighted by atomic mass is 33.1. The quantitative estimate of drug-likeness (QED) is 0.501. The van der Waals surface area contributed by atoms with Crippen LogP contribution in [0.25, 0.3) is 0 Å². The maximum atomic E-state index is 8.19. The lowest BCUT2D eigenvalue weighted by atomic mass is 10.5. The number of aromatic nitrogens is 1. The van der Waals surface area contributed by atoms with E-state index in [-0.39, 0.29) is 0 Å². The Morgan fingerprint density at radius 2 is 2.40 bits per heavy atom. The average Bonchev–Trinajstić information content (AvgIpc) is 2.03. The van der Waals surface area contributed by atoms with E-state index in [1.807, 2.05) is 23.6 Å². The minimum atomic E-state index is 0.869. The predicted octanol–water partition coefficient (Wildman–Crippen LogP) is 2.30. The topological polar surface area (TPSA) is 36.7 Å². The molecule has 1 heterocycles. The van der Waals surface area contributed by atoms with Gasteiger partial charge in [0, 0.05) is 17.0 Å². The molecule has 0 N–H and O–H groups in total. The van der Waals surface area contributed by atoms with Crippen LogP contribution in [0.4, 0.5) is 0 Å². The van der Waals surface area contributed by atoms with Crippen molar-refractivity contribution in [1.29, 1.82) is 5.26 Å². The van der Waals surface area contributed by atoms with Crippen LogP contribution >= 0.6 is 21.6 Å². The van der Waals surface area contributed by atoms with Crippen molar-refractivity contribution in [2.75, 3.05) is 0 Å². The SMILES string of the molecule is N#CSSc1ccccn1. The number of pyridine rings is 1. The van der Waals surface area contributed by atoms with Crippen LogP contribution in [0.2, 0.25) is 0 Å². The van der Waals surface area contributed by atoms with E-state index in [1.54, 1.807) is 6.20 Å². The van der Waals surface area contributed by atoms with Crippen molar-refractivity contribution in [3.63, 3.8) is 0 Å². The minimum absolute atomic E-state index is 0.869. The zero-order chi connectivity index (χ0) is 7.23. The van der Waals surface area contributed by atoms with Gasteiger partial charge < -0.3 is 0 Å². The number of nitrogens with zero attached hydrogens (tertiary/aromatic N) is 2. The second kappa shape index (κ2) is 4.20. The van der Waals surface area contributed by atoms with Gasteiger partial charge in [-0.1, -0.05) is 6.07 Å². The minimum Gasteiger partial charge on any atom is -0.249 e. The first-order valence-corrected chi connectivity index (χ1v) is 4.72. The number of rotatable bonds is 2. The second-order valence-electron chi connectivity index (χ2n) is 1.43. The van der Waals surface area contributed by atoms with Crippen LogP contribution in [0.15, 0.2) is 29.4 Å². The van der Waals surface area contributed by atoms with Crippen molar-refractivity contribution in [2.45, 2.75) is 5.03 Å². The summed E-state index contributed by atoms with van der Waals surface area (Å²) in [6, 6.07) is 5.61. The molecule has 0 aliphatic carbocycles. The van der Waals surface area contributed by atoms with E-state index in [9.17, 15) is 0 Å². The molecule has 0 saturated carbocycles. The largest absolute Gasteiger partial charge is 0.249 e. The first-order valence-electron chi connectivity index (χ1n) is 2.57. The van der Waals surface area contributed by atoms with Gasteiger partial charge in [-0.15, -0.1) is 0 Å². The van der Waals surface area contributed by atoms with Crippen molar-refractivity contribution in [3.8, 4) is 5.40 Å². The van der Waals surface area contributed by atoms with E-state index in [4.69, 9.17) is 5.26 Å². The lowest BCUT2D eigenvalue weighted by molar-refractivity contribution is 1.14. The molecular weight excluding hydrogens is 164 g/mol. The number of hydrogen-bond acceptors (Lipinski definition) is 4. The summed E-state index contributed by atoms with van der Waals surface area (Å²) in [5.74, 6) is 0. The molecule has 1 aromatic rings. The third kappa shape index (κ3) is 2.29. The monoisotopic (exact) mass is 168 g/mol. The number of hydrogen-bond donors (Lipinski definition) is 0. The van der Waals surface area contributed by atoms with Gasteiger partial charge in [0.1, 0.15) is 10.4 Å². The smallest absolute Gasteiger partial charge is 0.145 e. The normalized spacial score (nSPS) is 8.70. The molecule has 0 saturated heterocycles. The summed E-state index contributed by atoms with van der Waals surface area (Å²) in [5.41, 5.74) is 0. The van der Waals surface area contributed by atoms with Crippen molar-refractivity contribution in [2.24, 2.45) is 0 Å². The lowest BCUT2D eigenvalue weighted by Gasteiger charge is -1.89. The molecule has 1 aromatic heterocycles. The van der Waals surface area contributed by atoms with Crippen LogP contribution in [-0.4, -0.2) is 4.98 Å². The van der Waals surface area contributed by atoms with Gasteiger partial charge in [0.15, 0.2) is 0 Å². The molecule has 0 amide bonds. The summed E-state index contributed by atoms with van der Waals surface area (Å²) >= 11 is 0. The van der Waals surface area contributed by atoms with E-state index >= 15 is 0 Å². The van der Waals surface area contributed by atoms with Crippen LogP contribution in [0.5, 0.6) is 0 Å². The van der Waals surface area contributed by atoms with Gasteiger partial charge >= 0.3 is 0 Å². The van der Waals surface area contributed by atoms with Crippen LogP contribution < -0.4 is 0 Å². The number of nitriles is 1. The standard InChI is InChI=1S/C6H4N2S2/c7-5-9-10-6-3-1-2-4-8-6/h1-4H. The molecule has 10 heavy (non-hydrogen) atoms. The highest BCUT2D eigenvalue weighted by molar-refractivity contribution is 8.78. The lowest BCUT2D eigenvalue weighted by Crippen LogP contribution is -1.71. The molecule has 0 bridgehead atoms. The molecule has 0 aliphatic rings. The highest BCUT2D eigenvalue weighted by Gasteiger charge is 1.90. The Bertz CT molecular complexity index is 229. The van der Waals surface area contributed by atoms with E-state index in [2.05, 4.69) is 4.98 Å². The Kier molecular flexibility index (Phi) is 3.13. The van der Waals surface area contributed by atoms with Gasteiger partial charge in [0.25, 0.3) is 0 Å². The van der Waals surface area contributed by atoms with Crippen LogP contribution in [0.3, 0.4) is 0 Å². The van der Waals surface area contributed by atoms with E-state index < -0.39 is 0 Å². The first kappa shape index (κ1) is 7.45. The maximum absolute atomic E-state index is 8.19. The van der Waals surface area contributed by atoms with Crippen molar-refractivity contribution >= 4 is 21.6 Å². The fourth-order valence-corrected chi connectivity index (χ4v) is 1.48. The van der Waals surface area contributed by atoms with Gasteiger partial charge in [-0.2, -0.15) is 5.26 Å². The molecule has 2 nitrogen and oxygen atoms in total. The summed E-state index contributed by atoms with van der Waals surface area (Å²) in [7, 11) is 2.49. The molecule has 0 spiro atoms. The summed E-state index contributed by atoms with van der Waals surface area (Å²) in [5, 5.41) is 11.0. The van der Waals surface area contributed by atoms with Crippen molar-refractivity contribution in [3.05, 3.63) is 24.4 Å². The molecule has 0 aliphatic heterocycles. The van der Waals surface area contributed by atoms with Crippen molar-refractivity contribution < 1.29 is 0 Å². The highest BCUT2D eigenvalue weighted by Crippen LogP contribution is 2.27. The maximum Gasteiger partial charge on any atom is 0.145 e. The Hall–Kier alpha value is -0.660. The molecule has 4 heteroatoms. The second-order valence-corrected chi connectivity index (χ2v) is 3.36.